The highest BCUT2D eigenvalue weighted by Crippen LogP contribution is 2.37. The van der Waals surface area contributed by atoms with Gasteiger partial charge < -0.3 is 9.16 Å². The summed E-state index contributed by atoms with van der Waals surface area (Å²) in [6.07, 6.45) is 0.203. The Kier molecular flexibility index (Phi) is 7.98. The van der Waals surface area contributed by atoms with Crippen molar-refractivity contribution in [3.63, 3.8) is 0 Å². The molecule has 1 rings (SSSR count). The highest BCUT2D eigenvalue weighted by atomic mass is 32.2. The van der Waals surface area contributed by atoms with Crippen molar-refractivity contribution in [3.8, 4) is 5.75 Å². The molecule has 1 aromatic carbocycles. The molecule has 0 saturated heterocycles. The average Bonchev–Trinajstić information content (AvgIpc) is 2.46. The SMILES string of the molecule is CC(COc1cc(F)cc(F)c1)C(CO[Si](C)(C)C(C)(C)C)OS(C)(=O)=O. The van der Waals surface area contributed by atoms with Crippen molar-refractivity contribution in [3.05, 3.63) is 29.8 Å². The van der Waals surface area contributed by atoms with Crippen molar-refractivity contribution in [2.75, 3.05) is 19.5 Å². The van der Waals surface area contributed by atoms with Crippen LogP contribution in [0.15, 0.2) is 18.2 Å². The van der Waals surface area contributed by atoms with E-state index in [2.05, 4.69) is 33.9 Å². The number of hydrogen-bond donors (Lipinski definition) is 0. The molecule has 0 radical (unpaired) electrons. The van der Waals surface area contributed by atoms with Crippen molar-refractivity contribution < 1.29 is 30.5 Å². The largest absolute Gasteiger partial charge is 0.493 e. The molecule has 2 unspecified atom stereocenters. The molecule has 0 bridgehead atoms. The molecule has 1 aromatic rings. The maximum atomic E-state index is 13.3. The van der Waals surface area contributed by atoms with Crippen LogP contribution in [0.2, 0.25) is 18.1 Å². The van der Waals surface area contributed by atoms with E-state index in [9.17, 15) is 17.2 Å². The van der Waals surface area contributed by atoms with E-state index in [4.69, 9.17) is 13.3 Å². The summed E-state index contributed by atoms with van der Waals surface area (Å²) >= 11 is 0. The van der Waals surface area contributed by atoms with Gasteiger partial charge in [-0.05, 0) is 18.1 Å². The fraction of sp³-hybridized carbons (Fsp3) is 0.667. The normalized spacial score (nSPS) is 15.4. The number of halogens is 2. The van der Waals surface area contributed by atoms with Crippen molar-refractivity contribution in [1.29, 1.82) is 0 Å². The molecule has 0 aromatic heterocycles. The molecular formula is C18H30F2O5SSi. The molecule has 5 nitrogen and oxygen atoms in total. The van der Waals surface area contributed by atoms with Gasteiger partial charge in [-0.25, -0.2) is 8.78 Å². The minimum Gasteiger partial charge on any atom is -0.493 e. The van der Waals surface area contributed by atoms with Crippen molar-refractivity contribution in [1.82, 2.24) is 0 Å². The molecule has 0 amide bonds. The zero-order valence-corrected chi connectivity index (χ0v) is 18.8. The predicted molar refractivity (Wildman–Crippen MR) is 104 cm³/mol. The van der Waals surface area contributed by atoms with Crippen LogP contribution < -0.4 is 4.74 Å². The third-order valence-corrected chi connectivity index (χ3v) is 9.79. The number of hydrogen-bond acceptors (Lipinski definition) is 5. The van der Waals surface area contributed by atoms with Crippen LogP contribution >= 0.6 is 0 Å². The van der Waals surface area contributed by atoms with E-state index in [0.717, 1.165) is 24.5 Å². The Hall–Kier alpha value is -1.03. The molecule has 9 heteroatoms. The van der Waals surface area contributed by atoms with Crippen molar-refractivity contribution >= 4 is 18.4 Å². The second-order valence-electron chi connectivity index (χ2n) is 8.30. The van der Waals surface area contributed by atoms with E-state index in [1.54, 1.807) is 6.92 Å². The zero-order chi connectivity index (χ0) is 21.0. The molecule has 0 saturated carbocycles. The van der Waals surface area contributed by atoms with Gasteiger partial charge in [0.1, 0.15) is 23.5 Å². The molecule has 0 aliphatic heterocycles. The van der Waals surface area contributed by atoms with Gasteiger partial charge in [0.25, 0.3) is 10.1 Å². The topological polar surface area (TPSA) is 61.8 Å². The van der Waals surface area contributed by atoms with Gasteiger partial charge in [-0.1, -0.05) is 27.7 Å². The fourth-order valence-corrected chi connectivity index (χ4v) is 3.67. The standard InChI is InChI=1S/C18H30F2O5SSi/c1-13(11-23-16-9-14(19)8-15(20)10-16)17(25-26(5,21)22)12-24-27(6,7)18(2,3)4/h8-10,13,17H,11-12H2,1-7H3. The van der Waals surface area contributed by atoms with Crippen LogP contribution in [0.25, 0.3) is 0 Å². The molecule has 0 N–H and O–H groups in total. The zero-order valence-electron chi connectivity index (χ0n) is 17.0. The van der Waals surface area contributed by atoms with E-state index in [1.807, 2.05) is 0 Å². The summed E-state index contributed by atoms with van der Waals surface area (Å²) in [5.41, 5.74) is 0. The Balaban J connectivity index is 2.83. The van der Waals surface area contributed by atoms with Gasteiger partial charge in [-0.15, -0.1) is 0 Å². The van der Waals surface area contributed by atoms with Crippen molar-refractivity contribution in [2.24, 2.45) is 5.92 Å². The van der Waals surface area contributed by atoms with Gasteiger partial charge in [-0.2, -0.15) is 8.42 Å². The van der Waals surface area contributed by atoms with Crippen molar-refractivity contribution in [2.45, 2.75) is 51.9 Å². The smallest absolute Gasteiger partial charge is 0.264 e. The lowest BCUT2D eigenvalue weighted by atomic mass is 10.1. The summed E-state index contributed by atoms with van der Waals surface area (Å²) in [6, 6.07) is 2.88. The van der Waals surface area contributed by atoms with E-state index < -0.39 is 42.1 Å². The van der Waals surface area contributed by atoms with E-state index >= 15 is 0 Å². The lowest BCUT2D eigenvalue weighted by Gasteiger charge is -2.37. The monoisotopic (exact) mass is 424 g/mol. The molecule has 27 heavy (non-hydrogen) atoms. The average molecular weight is 425 g/mol. The summed E-state index contributed by atoms with van der Waals surface area (Å²) < 4.78 is 66.5. The Bertz CT molecular complexity index is 712. The summed E-state index contributed by atoms with van der Waals surface area (Å²) in [5.74, 6) is -1.86. The molecule has 0 aliphatic rings. The summed E-state index contributed by atoms with van der Waals surface area (Å²) in [7, 11) is -5.81. The van der Waals surface area contributed by atoms with Gasteiger partial charge in [-0.3, -0.25) is 4.18 Å². The molecule has 0 aliphatic carbocycles. The van der Waals surface area contributed by atoms with E-state index in [0.29, 0.717) is 0 Å². The summed E-state index contributed by atoms with van der Waals surface area (Å²) in [6.45, 7) is 12.2. The van der Waals surface area contributed by atoms with Crippen LogP contribution in [-0.4, -0.2) is 42.3 Å². The second-order valence-corrected chi connectivity index (χ2v) is 14.7. The maximum Gasteiger partial charge on any atom is 0.264 e. The first-order valence-corrected chi connectivity index (χ1v) is 13.4. The van der Waals surface area contributed by atoms with Crippen LogP contribution in [0, 0.1) is 17.6 Å². The van der Waals surface area contributed by atoms with E-state index in [-0.39, 0.29) is 24.0 Å². The molecule has 0 fully saturated rings. The fourth-order valence-electron chi connectivity index (χ4n) is 1.97. The Morgan fingerprint density at radius 1 is 1.07 bits per heavy atom. The Labute approximate surface area is 162 Å². The van der Waals surface area contributed by atoms with E-state index in [1.165, 1.54) is 0 Å². The van der Waals surface area contributed by atoms with Gasteiger partial charge >= 0.3 is 0 Å². The minimum absolute atomic E-state index is 0.0178. The maximum absolute atomic E-state index is 13.3. The van der Waals surface area contributed by atoms with Gasteiger partial charge in [0, 0.05) is 24.1 Å². The molecule has 0 heterocycles. The Morgan fingerprint density at radius 2 is 1.59 bits per heavy atom. The Morgan fingerprint density at radius 3 is 2.04 bits per heavy atom. The highest BCUT2D eigenvalue weighted by molar-refractivity contribution is 7.86. The van der Waals surface area contributed by atoms with Crippen LogP contribution in [0.3, 0.4) is 0 Å². The third-order valence-electron chi connectivity index (χ3n) is 4.70. The molecule has 156 valence electrons. The van der Waals surface area contributed by atoms with Crippen LogP contribution in [0.4, 0.5) is 8.78 Å². The first-order chi connectivity index (χ1) is 12.1. The minimum atomic E-state index is -3.71. The number of rotatable bonds is 9. The number of benzene rings is 1. The van der Waals surface area contributed by atoms with Gasteiger partial charge in [0.2, 0.25) is 0 Å². The first kappa shape index (κ1) is 24.0. The number of ether oxygens (including phenoxy) is 1. The van der Waals surface area contributed by atoms with Crippen LogP contribution in [-0.2, 0) is 18.7 Å². The summed E-state index contributed by atoms with van der Waals surface area (Å²) in [4.78, 5) is 0. The summed E-state index contributed by atoms with van der Waals surface area (Å²) in [5, 5.41) is -0.0402. The van der Waals surface area contributed by atoms with Crippen LogP contribution in [0.1, 0.15) is 27.7 Å². The lowest BCUT2D eigenvalue weighted by Crippen LogP contribution is -2.44. The quantitative estimate of drug-likeness (QED) is 0.436. The molecule has 0 spiro atoms. The van der Waals surface area contributed by atoms with Gasteiger partial charge in [0.05, 0.1) is 19.5 Å². The van der Waals surface area contributed by atoms with Crippen LogP contribution in [0.5, 0.6) is 5.75 Å². The van der Waals surface area contributed by atoms with Gasteiger partial charge in [0.15, 0.2) is 8.32 Å². The lowest BCUT2D eigenvalue weighted by molar-refractivity contribution is 0.0624. The third kappa shape index (κ3) is 8.24. The predicted octanol–water partition coefficient (Wildman–Crippen LogP) is 4.35. The first-order valence-electron chi connectivity index (χ1n) is 8.72. The highest BCUT2D eigenvalue weighted by Gasteiger charge is 2.38. The molecule has 2 atom stereocenters. The second kappa shape index (κ2) is 8.98. The molecular weight excluding hydrogens is 394 g/mol.